The number of para-hydroxylation sites is 1. The van der Waals surface area contributed by atoms with Gasteiger partial charge in [-0.3, -0.25) is 4.79 Å². The van der Waals surface area contributed by atoms with Crippen LogP contribution in [0.5, 0.6) is 5.75 Å². The van der Waals surface area contributed by atoms with Crippen molar-refractivity contribution in [2.75, 3.05) is 0 Å². The molecule has 4 rings (SSSR count). The third kappa shape index (κ3) is 6.29. The van der Waals surface area contributed by atoms with Crippen LogP contribution in [0.25, 0.3) is 11.1 Å². The van der Waals surface area contributed by atoms with E-state index in [1.165, 1.54) is 64.2 Å². The first-order chi connectivity index (χ1) is 16.7. The molecule has 2 aromatic carbocycles. The second kappa shape index (κ2) is 12.2. The molecule has 2 fully saturated rings. The molecule has 3 heteroatoms. The average molecular weight is 458 g/mol. The van der Waals surface area contributed by atoms with Gasteiger partial charge in [0.1, 0.15) is 5.75 Å². The summed E-state index contributed by atoms with van der Waals surface area (Å²) in [4.78, 5) is 13.0. The lowest BCUT2D eigenvalue weighted by Gasteiger charge is -2.37. The summed E-state index contributed by atoms with van der Waals surface area (Å²) in [7, 11) is 0. The number of rotatable bonds is 8. The maximum absolute atomic E-state index is 13.0. The fourth-order valence-corrected chi connectivity index (χ4v) is 6.17. The van der Waals surface area contributed by atoms with Gasteiger partial charge in [0.25, 0.3) is 0 Å². The molecule has 0 aromatic heterocycles. The third-order valence-electron chi connectivity index (χ3n) is 8.30. The van der Waals surface area contributed by atoms with Gasteiger partial charge in [-0.1, -0.05) is 75.8 Å². The number of carbonyl (C=O) groups is 1. The topological polar surface area (TPSA) is 50.1 Å². The predicted octanol–water partition coefficient (Wildman–Crippen LogP) is 8.32. The van der Waals surface area contributed by atoms with Gasteiger partial charge in [0.15, 0.2) is 0 Å². The number of benzene rings is 2. The molecule has 2 aliphatic carbocycles. The molecule has 0 amide bonds. The van der Waals surface area contributed by atoms with Gasteiger partial charge in [0.2, 0.25) is 0 Å². The Balaban J connectivity index is 1.27. The molecule has 0 N–H and O–H groups in total. The van der Waals surface area contributed by atoms with Crippen LogP contribution in [0.15, 0.2) is 48.5 Å². The highest BCUT2D eigenvalue weighted by atomic mass is 16.5. The summed E-state index contributed by atoms with van der Waals surface area (Å²) in [6.07, 6.45) is 15.4. The number of esters is 1. The normalized spacial score (nSPS) is 24.8. The van der Waals surface area contributed by atoms with Gasteiger partial charge in [0.05, 0.1) is 17.6 Å². The molecule has 2 saturated carbocycles. The van der Waals surface area contributed by atoms with Crippen LogP contribution < -0.4 is 4.74 Å². The lowest BCUT2D eigenvalue weighted by molar-refractivity contribution is -0.140. The van der Waals surface area contributed by atoms with Crippen LogP contribution >= 0.6 is 0 Å². The number of hydrogen-bond donors (Lipinski definition) is 0. The van der Waals surface area contributed by atoms with E-state index in [0.29, 0.717) is 11.3 Å². The molecule has 0 spiro atoms. The molecule has 0 saturated heterocycles. The Morgan fingerprint density at radius 2 is 1.53 bits per heavy atom. The highest BCUT2D eigenvalue weighted by Crippen LogP contribution is 2.43. The van der Waals surface area contributed by atoms with Crippen molar-refractivity contribution in [2.45, 2.75) is 84.0 Å². The van der Waals surface area contributed by atoms with Gasteiger partial charge in [-0.2, -0.15) is 5.26 Å². The van der Waals surface area contributed by atoms with Gasteiger partial charge in [-0.05, 0) is 80.0 Å². The minimum Gasteiger partial charge on any atom is -0.426 e. The molecule has 0 unspecified atom stereocenters. The van der Waals surface area contributed by atoms with Crippen molar-refractivity contribution >= 4 is 5.97 Å². The predicted molar refractivity (Wildman–Crippen MR) is 137 cm³/mol. The maximum Gasteiger partial charge on any atom is 0.314 e. The molecule has 34 heavy (non-hydrogen) atoms. The van der Waals surface area contributed by atoms with Crippen LogP contribution in [0.3, 0.4) is 0 Å². The summed E-state index contributed by atoms with van der Waals surface area (Å²) in [5.41, 5.74) is 2.47. The van der Waals surface area contributed by atoms with Gasteiger partial charge >= 0.3 is 5.97 Å². The first-order valence-electron chi connectivity index (χ1n) is 13.5. The first kappa shape index (κ1) is 24.5. The van der Waals surface area contributed by atoms with Crippen molar-refractivity contribution in [3.05, 3.63) is 54.1 Å². The van der Waals surface area contributed by atoms with E-state index in [0.717, 1.165) is 41.7 Å². The van der Waals surface area contributed by atoms with E-state index in [1.54, 1.807) is 12.1 Å². The van der Waals surface area contributed by atoms with Crippen molar-refractivity contribution in [1.29, 1.82) is 5.26 Å². The minimum absolute atomic E-state index is 0.00986. The standard InChI is InChI=1S/C31H39NO2/c1-2-3-4-7-23-10-14-25(15-11-23)26-18-20-28(21-19-26)31(33)34-30-9-6-5-8-29(30)27-16-12-24(22-32)13-17-27/h5-6,8-9,12-13,16-17,23,25-26,28H,2-4,7,10-11,14-15,18-21H2,1H3. The quantitative estimate of drug-likeness (QED) is 0.227. The molecule has 0 bridgehead atoms. The number of nitrogens with zero attached hydrogens (tertiary/aromatic N) is 1. The second-order valence-electron chi connectivity index (χ2n) is 10.5. The van der Waals surface area contributed by atoms with Crippen LogP contribution in [-0.4, -0.2) is 5.97 Å². The van der Waals surface area contributed by atoms with Crippen molar-refractivity contribution in [3.63, 3.8) is 0 Å². The van der Waals surface area contributed by atoms with Crippen molar-refractivity contribution in [1.82, 2.24) is 0 Å². The molecular formula is C31H39NO2. The Bertz CT molecular complexity index is 958. The summed E-state index contributed by atoms with van der Waals surface area (Å²) in [5, 5.41) is 9.05. The fraction of sp³-hybridized carbons (Fsp3) is 0.548. The van der Waals surface area contributed by atoms with E-state index in [1.807, 2.05) is 36.4 Å². The number of nitriles is 1. The molecule has 0 atom stereocenters. The largest absolute Gasteiger partial charge is 0.426 e. The van der Waals surface area contributed by atoms with Gasteiger partial charge in [-0.15, -0.1) is 0 Å². The fourth-order valence-electron chi connectivity index (χ4n) is 6.17. The molecule has 3 nitrogen and oxygen atoms in total. The first-order valence-corrected chi connectivity index (χ1v) is 13.5. The minimum atomic E-state index is -0.0841. The smallest absolute Gasteiger partial charge is 0.314 e. The number of carbonyl (C=O) groups excluding carboxylic acids is 1. The van der Waals surface area contributed by atoms with Crippen molar-refractivity contribution in [2.24, 2.45) is 23.7 Å². The Hall–Kier alpha value is -2.60. The highest BCUT2D eigenvalue weighted by Gasteiger charge is 2.33. The zero-order valence-corrected chi connectivity index (χ0v) is 20.7. The number of hydrogen-bond acceptors (Lipinski definition) is 3. The van der Waals surface area contributed by atoms with Crippen LogP contribution in [0.4, 0.5) is 0 Å². The Morgan fingerprint density at radius 1 is 0.882 bits per heavy atom. The molecule has 0 aliphatic heterocycles. The Kier molecular flexibility index (Phi) is 8.80. The van der Waals surface area contributed by atoms with E-state index in [4.69, 9.17) is 10.00 Å². The summed E-state index contributed by atoms with van der Waals surface area (Å²) >= 11 is 0. The summed E-state index contributed by atoms with van der Waals surface area (Å²) in [5.74, 6) is 3.17. The third-order valence-corrected chi connectivity index (χ3v) is 8.30. The van der Waals surface area contributed by atoms with Crippen LogP contribution in [-0.2, 0) is 4.79 Å². The SMILES string of the molecule is CCCCCC1CCC(C2CCC(C(=O)Oc3ccccc3-c3ccc(C#N)cc3)CC2)CC1. The van der Waals surface area contributed by atoms with Gasteiger partial charge < -0.3 is 4.74 Å². The van der Waals surface area contributed by atoms with Gasteiger partial charge in [0, 0.05) is 5.56 Å². The second-order valence-corrected chi connectivity index (χ2v) is 10.5. The van der Waals surface area contributed by atoms with Crippen LogP contribution in [0.2, 0.25) is 0 Å². The van der Waals surface area contributed by atoms with Gasteiger partial charge in [-0.25, -0.2) is 0 Å². The van der Waals surface area contributed by atoms with Crippen LogP contribution in [0.1, 0.15) is 89.5 Å². The van der Waals surface area contributed by atoms with Crippen molar-refractivity contribution in [3.8, 4) is 22.9 Å². The van der Waals surface area contributed by atoms with E-state index in [2.05, 4.69) is 13.0 Å². The van der Waals surface area contributed by atoms with Crippen LogP contribution in [0, 0.1) is 35.0 Å². The lowest BCUT2D eigenvalue weighted by Crippen LogP contribution is -2.30. The summed E-state index contributed by atoms with van der Waals surface area (Å²) in [6, 6.07) is 17.3. The maximum atomic E-state index is 13.0. The lowest BCUT2D eigenvalue weighted by atomic mass is 9.68. The average Bonchev–Trinajstić information content (AvgIpc) is 2.90. The number of ether oxygens (including phenoxy) is 1. The molecule has 0 radical (unpaired) electrons. The molecule has 2 aromatic rings. The highest BCUT2D eigenvalue weighted by molar-refractivity contribution is 5.79. The zero-order chi connectivity index (χ0) is 23.8. The number of unbranched alkanes of at least 4 members (excludes halogenated alkanes) is 2. The summed E-state index contributed by atoms with van der Waals surface area (Å²) < 4.78 is 5.93. The summed E-state index contributed by atoms with van der Waals surface area (Å²) in [6.45, 7) is 2.29. The van der Waals surface area contributed by atoms with Crippen molar-refractivity contribution < 1.29 is 9.53 Å². The van der Waals surface area contributed by atoms with E-state index < -0.39 is 0 Å². The monoisotopic (exact) mass is 457 g/mol. The van der Waals surface area contributed by atoms with E-state index >= 15 is 0 Å². The Labute approximate surface area is 205 Å². The molecular weight excluding hydrogens is 418 g/mol. The zero-order valence-electron chi connectivity index (χ0n) is 20.7. The molecule has 180 valence electrons. The molecule has 0 heterocycles. The Morgan fingerprint density at radius 3 is 2.18 bits per heavy atom. The molecule has 2 aliphatic rings. The van der Waals surface area contributed by atoms with E-state index in [-0.39, 0.29) is 11.9 Å². The van der Waals surface area contributed by atoms with E-state index in [9.17, 15) is 4.79 Å².